The Morgan fingerprint density at radius 2 is 1.70 bits per heavy atom. The van der Waals surface area contributed by atoms with Crippen LogP contribution in [0.15, 0.2) is 79.4 Å². The molecule has 1 heterocycles. The Hall–Kier alpha value is -3.77. The van der Waals surface area contributed by atoms with Crippen LogP contribution in [0.2, 0.25) is 0 Å². The van der Waals surface area contributed by atoms with Crippen LogP contribution in [0, 0.1) is 5.82 Å². The molecule has 1 aromatic heterocycles. The molecule has 0 spiro atoms. The van der Waals surface area contributed by atoms with E-state index in [9.17, 15) is 14.0 Å². The molecule has 6 heteroatoms. The van der Waals surface area contributed by atoms with Gasteiger partial charge < -0.3 is 9.47 Å². The second kappa shape index (κ2) is 9.38. The van der Waals surface area contributed by atoms with Crippen LogP contribution in [0.1, 0.15) is 40.6 Å². The Bertz CT molecular complexity index is 1370. The van der Waals surface area contributed by atoms with Crippen molar-refractivity contribution in [3.63, 3.8) is 0 Å². The Kier molecular flexibility index (Phi) is 6.38. The molecule has 166 valence electrons. The van der Waals surface area contributed by atoms with Crippen LogP contribution in [0.4, 0.5) is 4.39 Å². The van der Waals surface area contributed by atoms with Crippen molar-refractivity contribution < 1.29 is 23.5 Å². The smallest absolute Gasteiger partial charge is 0.335 e. The van der Waals surface area contributed by atoms with E-state index < -0.39 is 11.8 Å². The maximum absolute atomic E-state index is 14.0. The lowest BCUT2D eigenvalue weighted by Gasteiger charge is -2.13. The standard InChI is InChI=1S/C27H21FO4S/c1-4-24(29)31-21-11-7-8-12-22(21)32-26-20-14-13-17(28)15-23(20)33-27(26)25(30)19-10-6-5-9-18(19)16(2)3/h4-16H,1H2,2-3H3. The Morgan fingerprint density at radius 1 is 1.00 bits per heavy atom. The summed E-state index contributed by atoms with van der Waals surface area (Å²) in [5.74, 6) is -0.382. The van der Waals surface area contributed by atoms with E-state index in [1.165, 1.54) is 23.5 Å². The minimum Gasteiger partial charge on any atom is -0.451 e. The lowest BCUT2D eigenvalue weighted by Crippen LogP contribution is -2.07. The van der Waals surface area contributed by atoms with E-state index in [2.05, 4.69) is 6.58 Å². The van der Waals surface area contributed by atoms with Crippen molar-refractivity contribution in [2.45, 2.75) is 19.8 Å². The first kappa shape index (κ1) is 22.4. The first-order chi connectivity index (χ1) is 15.9. The molecule has 0 bridgehead atoms. The van der Waals surface area contributed by atoms with Gasteiger partial charge in [0, 0.05) is 21.7 Å². The predicted molar refractivity (Wildman–Crippen MR) is 128 cm³/mol. The maximum atomic E-state index is 14.0. The van der Waals surface area contributed by atoms with Crippen molar-refractivity contribution in [1.29, 1.82) is 0 Å². The van der Waals surface area contributed by atoms with Crippen LogP contribution >= 0.6 is 11.3 Å². The molecule has 0 N–H and O–H groups in total. The summed E-state index contributed by atoms with van der Waals surface area (Å²) in [5.41, 5.74) is 1.48. The summed E-state index contributed by atoms with van der Waals surface area (Å²) in [6.07, 6.45) is 1.05. The van der Waals surface area contributed by atoms with Gasteiger partial charge in [-0.25, -0.2) is 9.18 Å². The molecule has 0 unspecified atom stereocenters. The molecule has 33 heavy (non-hydrogen) atoms. The molecule has 0 aliphatic heterocycles. The van der Waals surface area contributed by atoms with Crippen molar-refractivity contribution in [2.75, 3.05) is 0 Å². The number of ketones is 1. The third-order valence-corrected chi connectivity index (χ3v) is 6.21. The quantitative estimate of drug-likeness (QED) is 0.126. The fourth-order valence-corrected chi connectivity index (χ4v) is 4.62. The highest BCUT2D eigenvalue weighted by atomic mass is 32.1. The fraction of sp³-hybridized carbons (Fsp3) is 0.111. The number of halogens is 1. The van der Waals surface area contributed by atoms with Gasteiger partial charge in [0.15, 0.2) is 17.2 Å². The molecule has 0 aliphatic carbocycles. The first-order valence-electron chi connectivity index (χ1n) is 10.4. The van der Waals surface area contributed by atoms with Gasteiger partial charge in [0.1, 0.15) is 10.7 Å². The second-order valence-corrected chi connectivity index (χ2v) is 8.70. The predicted octanol–water partition coefficient (Wildman–Crippen LogP) is 7.28. The van der Waals surface area contributed by atoms with Crippen LogP contribution in [0.3, 0.4) is 0 Å². The van der Waals surface area contributed by atoms with Crippen LogP contribution < -0.4 is 9.47 Å². The zero-order valence-corrected chi connectivity index (χ0v) is 18.9. The summed E-state index contributed by atoms with van der Waals surface area (Å²) >= 11 is 1.17. The van der Waals surface area contributed by atoms with Crippen LogP contribution in [0.5, 0.6) is 17.2 Å². The third-order valence-electron chi connectivity index (χ3n) is 5.08. The molecule has 0 fully saturated rings. The molecule has 3 aromatic carbocycles. The fourth-order valence-electron chi connectivity index (χ4n) is 3.51. The number of rotatable bonds is 7. The Morgan fingerprint density at radius 3 is 2.42 bits per heavy atom. The highest BCUT2D eigenvalue weighted by Gasteiger charge is 2.25. The summed E-state index contributed by atoms with van der Waals surface area (Å²) in [7, 11) is 0. The topological polar surface area (TPSA) is 52.6 Å². The molecule has 0 aliphatic rings. The second-order valence-electron chi connectivity index (χ2n) is 7.65. The molecular weight excluding hydrogens is 439 g/mol. The van der Waals surface area contributed by atoms with Gasteiger partial charge in [-0.05, 0) is 41.8 Å². The van der Waals surface area contributed by atoms with Crippen molar-refractivity contribution in [3.05, 3.63) is 101 Å². The van der Waals surface area contributed by atoms with E-state index in [1.807, 2.05) is 32.0 Å². The third kappa shape index (κ3) is 4.56. The van der Waals surface area contributed by atoms with E-state index in [0.717, 1.165) is 11.6 Å². The van der Waals surface area contributed by atoms with E-state index in [4.69, 9.17) is 9.47 Å². The number of fused-ring (bicyclic) bond motifs is 1. The molecular formula is C27H21FO4S. The number of carbonyl (C=O) groups is 2. The lowest BCUT2D eigenvalue weighted by atomic mass is 9.94. The van der Waals surface area contributed by atoms with Gasteiger partial charge in [0.05, 0.1) is 0 Å². The number of carbonyl (C=O) groups excluding carboxylic acids is 2. The van der Waals surface area contributed by atoms with Gasteiger partial charge in [-0.2, -0.15) is 0 Å². The van der Waals surface area contributed by atoms with Gasteiger partial charge in [-0.3, -0.25) is 4.79 Å². The van der Waals surface area contributed by atoms with Gasteiger partial charge >= 0.3 is 5.97 Å². The van der Waals surface area contributed by atoms with E-state index in [0.29, 0.717) is 26.3 Å². The average molecular weight is 461 g/mol. The van der Waals surface area contributed by atoms with Gasteiger partial charge in [-0.15, -0.1) is 11.3 Å². The summed E-state index contributed by atoms with van der Waals surface area (Å²) in [6.45, 7) is 7.45. The summed E-state index contributed by atoms with van der Waals surface area (Å²) < 4.78 is 26.0. The molecule has 0 saturated carbocycles. The monoisotopic (exact) mass is 460 g/mol. The molecule has 4 rings (SSSR count). The Balaban J connectivity index is 1.86. The first-order valence-corrected chi connectivity index (χ1v) is 11.2. The lowest BCUT2D eigenvalue weighted by molar-refractivity contribution is -0.129. The van der Waals surface area contributed by atoms with Crippen molar-refractivity contribution in [3.8, 4) is 17.2 Å². The largest absolute Gasteiger partial charge is 0.451 e. The highest BCUT2D eigenvalue weighted by molar-refractivity contribution is 7.21. The SMILES string of the molecule is C=CC(=O)Oc1ccccc1Oc1c(C(=O)c2ccccc2C(C)C)sc2cc(F)ccc12. The number of thiophene rings is 1. The van der Waals surface area contributed by atoms with E-state index in [-0.39, 0.29) is 23.2 Å². The summed E-state index contributed by atoms with van der Waals surface area (Å²) in [4.78, 5) is 25.8. The molecule has 0 radical (unpaired) electrons. The summed E-state index contributed by atoms with van der Waals surface area (Å²) in [5, 5.41) is 0.594. The number of benzene rings is 3. The van der Waals surface area contributed by atoms with Crippen LogP contribution in [0.25, 0.3) is 10.1 Å². The number of hydrogen-bond acceptors (Lipinski definition) is 5. The van der Waals surface area contributed by atoms with E-state index >= 15 is 0 Å². The number of ether oxygens (including phenoxy) is 2. The maximum Gasteiger partial charge on any atom is 0.335 e. The summed E-state index contributed by atoms with van der Waals surface area (Å²) in [6, 6.07) is 18.3. The molecule has 4 nitrogen and oxygen atoms in total. The molecule has 4 aromatic rings. The van der Waals surface area contributed by atoms with Gasteiger partial charge in [0.2, 0.25) is 5.78 Å². The minimum absolute atomic E-state index is 0.139. The molecule has 0 saturated heterocycles. The zero-order chi connectivity index (χ0) is 23.5. The number of esters is 1. The minimum atomic E-state index is -0.634. The van der Waals surface area contributed by atoms with Crippen molar-refractivity contribution >= 4 is 33.2 Å². The zero-order valence-electron chi connectivity index (χ0n) is 18.1. The van der Waals surface area contributed by atoms with Crippen molar-refractivity contribution in [1.82, 2.24) is 0 Å². The van der Waals surface area contributed by atoms with Gasteiger partial charge in [-0.1, -0.05) is 56.8 Å². The van der Waals surface area contributed by atoms with Crippen molar-refractivity contribution in [2.24, 2.45) is 0 Å². The highest BCUT2D eigenvalue weighted by Crippen LogP contribution is 2.44. The van der Waals surface area contributed by atoms with Crippen LogP contribution in [-0.4, -0.2) is 11.8 Å². The number of hydrogen-bond donors (Lipinski definition) is 0. The molecule has 0 amide bonds. The normalized spacial score (nSPS) is 10.9. The average Bonchev–Trinajstić information content (AvgIpc) is 3.16. The van der Waals surface area contributed by atoms with Gasteiger partial charge in [0.25, 0.3) is 0 Å². The molecule has 0 atom stereocenters. The number of para-hydroxylation sites is 2. The Labute approximate surface area is 194 Å². The van der Waals surface area contributed by atoms with Crippen LogP contribution in [-0.2, 0) is 4.79 Å². The van der Waals surface area contributed by atoms with E-state index in [1.54, 1.807) is 36.4 Å².